The van der Waals surface area contributed by atoms with E-state index >= 15 is 0 Å². The van der Waals surface area contributed by atoms with Gasteiger partial charge in [0.2, 0.25) is 0 Å². The van der Waals surface area contributed by atoms with E-state index in [1.54, 1.807) is 0 Å². The molecule has 11 nitrogen and oxygen atoms in total. The van der Waals surface area contributed by atoms with Crippen LogP contribution in [0.4, 0.5) is 13.2 Å². The third-order valence-corrected chi connectivity index (χ3v) is 6.50. The van der Waals surface area contributed by atoms with Crippen molar-refractivity contribution in [3.05, 3.63) is 81.7 Å². The molecule has 214 valence electrons. The van der Waals surface area contributed by atoms with Crippen molar-refractivity contribution >= 4 is 22.8 Å². The minimum absolute atomic E-state index is 0.0354. The number of esters is 1. The predicted octanol–water partition coefficient (Wildman–Crippen LogP) is 3.30. The minimum atomic E-state index is -5.30. The summed E-state index contributed by atoms with van der Waals surface area (Å²) >= 11 is 0. The molecular weight excluding hydrogens is 547 g/mol. The van der Waals surface area contributed by atoms with Crippen LogP contribution >= 0.6 is 0 Å². The number of ether oxygens (including phenoxy) is 3. The van der Waals surface area contributed by atoms with E-state index in [9.17, 15) is 27.6 Å². The van der Waals surface area contributed by atoms with Gasteiger partial charge in [-0.3, -0.25) is 14.8 Å². The summed E-state index contributed by atoms with van der Waals surface area (Å²) in [5.74, 6) is -4.12. The number of nitrogens with zero attached hydrogens (tertiary/aromatic N) is 2. The molecule has 0 aliphatic carbocycles. The number of para-hydroxylation sites is 1. The number of hydrogen-bond donors (Lipinski definition) is 3. The number of carbonyl (C=O) groups excluding carboxylic acids is 2. The summed E-state index contributed by atoms with van der Waals surface area (Å²) in [6.45, 7) is 2.29. The van der Waals surface area contributed by atoms with Crippen LogP contribution in [-0.2, 0) is 16.1 Å². The molecule has 1 aliphatic rings. The van der Waals surface area contributed by atoms with Crippen molar-refractivity contribution in [2.45, 2.75) is 38.1 Å². The van der Waals surface area contributed by atoms with Gasteiger partial charge in [-0.15, -0.1) is 0 Å². The molecule has 0 bridgehead atoms. The van der Waals surface area contributed by atoms with Crippen molar-refractivity contribution in [2.75, 3.05) is 13.2 Å². The average molecular weight is 572 g/mol. The van der Waals surface area contributed by atoms with Crippen LogP contribution in [0, 0.1) is 6.92 Å². The Kier molecular flexibility index (Phi) is 7.75. The fourth-order valence-electron chi connectivity index (χ4n) is 4.58. The average Bonchev–Trinajstić information content (AvgIpc) is 3.37. The van der Waals surface area contributed by atoms with Crippen molar-refractivity contribution in [3.8, 4) is 11.5 Å². The number of amides is 1. The predicted molar refractivity (Wildman–Crippen MR) is 138 cm³/mol. The molecule has 4 aromatic rings. The number of halogens is 3. The molecule has 1 saturated heterocycles. The number of hydrogen-bond acceptors (Lipinski definition) is 8. The number of aryl methyl sites for hydroxylation is 1. The van der Waals surface area contributed by atoms with Gasteiger partial charge in [0.25, 0.3) is 5.91 Å². The Balaban J connectivity index is 1.40. The largest absolute Gasteiger partial charge is 0.491 e. The summed E-state index contributed by atoms with van der Waals surface area (Å²) in [7, 11) is 0. The van der Waals surface area contributed by atoms with Crippen molar-refractivity contribution in [1.82, 2.24) is 25.5 Å². The zero-order valence-electron chi connectivity index (χ0n) is 21.6. The fraction of sp³-hybridized carbons (Fsp3) is 0.296. The molecule has 0 spiro atoms. The number of nitrogens with one attached hydrogen (secondary N) is 3. The molecule has 2 aromatic heterocycles. The standard InChI is InChI=1S/C27H24F3N5O6/c1-14-10-15(17-4-2-3-5-20(17)31-14)12-40-16-6-7-18(22(11-16)41-25(37)27(28,29)30)24(36)32-21-8-9-39-13-19(21)23-33-26(38)35-34-23/h2-7,10-11,19,21H,8-9,12-13H2,1H3,(H,32,36)(H2,33,34,35,38). The van der Waals surface area contributed by atoms with Crippen LogP contribution in [0.2, 0.25) is 0 Å². The lowest BCUT2D eigenvalue weighted by Gasteiger charge is -2.30. The van der Waals surface area contributed by atoms with E-state index in [4.69, 9.17) is 9.47 Å². The molecule has 0 radical (unpaired) electrons. The van der Waals surface area contributed by atoms with Crippen molar-refractivity contribution < 1.29 is 37.0 Å². The van der Waals surface area contributed by atoms with Gasteiger partial charge < -0.3 is 19.5 Å². The lowest BCUT2D eigenvalue weighted by atomic mass is 9.94. The first-order chi connectivity index (χ1) is 19.6. The summed E-state index contributed by atoms with van der Waals surface area (Å²) in [5, 5.41) is 9.71. The first-order valence-electron chi connectivity index (χ1n) is 12.5. The van der Waals surface area contributed by atoms with E-state index < -0.39 is 41.5 Å². The summed E-state index contributed by atoms with van der Waals surface area (Å²) in [6.07, 6.45) is -4.96. The molecule has 2 aromatic carbocycles. The lowest BCUT2D eigenvalue weighted by molar-refractivity contribution is -0.189. The second-order valence-corrected chi connectivity index (χ2v) is 9.39. The molecule has 3 heterocycles. The van der Waals surface area contributed by atoms with Gasteiger partial charge in [0.15, 0.2) is 0 Å². The Bertz CT molecular complexity index is 1650. The third-order valence-electron chi connectivity index (χ3n) is 6.50. The number of carbonyl (C=O) groups is 2. The smallest absolute Gasteiger partial charge is 0.489 e. The number of fused-ring (bicyclic) bond motifs is 1. The summed E-state index contributed by atoms with van der Waals surface area (Å²) in [5.41, 5.74) is 1.43. The van der Waals surface area contributed by atoms with Crippen molar-refractivity contribution in [1.29, 1.82) is 0 Å². The Morgan fingerprint density at radius 1 is 1.17 bits per heavy atom. The highest BCUT2D eigenvalue weighted by atomic mass is 19.4. The van der Waals surface area contributed by atoms with Crippen LogP contribution in [0.15, 0.2) is 53.3 Å². The van der Waals surface area contributed by atoms with Gasteiger partial charge in [-0.1, -0.05) is 18.2 Å². The van der Waals surface area contributed by atoms with Crippen LogP contribution in [0.25, 0.3) is 10.9 Å². The van der Waals surface area contributed by atoms with Crippen LogP contribution in [-0.4, -0.2) is 57.5 Å². The van der Waals surface area contributed by atoms with Gasteiger partial charge in [-0.05, 0) is 37.6 Å². The number of pyridine rings is 1. The number of H-pyrrole nitrogens is 2. The monoisotopic (exact) mass is 571 g/mol. The van der Waals surface area contributed by atoms with Crippen molar-refractivity contribution in [3.63, 3.8) is 0 Å². The summed E-state index contributed by atoms with van der Waals surface area (Å²) < 4.78 is 55.1. The number of benzene rings is 2. The Morgan fingerprint density at radius 2 is 1.98 bits per heavy atom. The number of rotatable bonds is 7. The molecule has 1 fully saturated rings. The molecule has 1 aliphatic heterocycles. The van der Waals surface area contributed by atoms with Crippen LogP contribution in [0.1, 0.15) is 39.8 Å². The zero-order chi connectivity index (χ0) is 29.1. The molecule has 3 N–H and O–H groups in total. The van der Waals surface area contributed by atoms with E-state index in [0.717, 1.165) is 28.2 Å². The van der Waals surface area contributed by atoms with E-state index in [1.165, 1.54) is 12.1 Å². The summed E-state index contributed by atoms with van der Waals surface area (Å²) in [6, 6.07) is 12.3. The molecule has 2 unspecified atom stereocenters. The van der Waals surface area contributed by atoms with Gasteiger partial charge in [-0.25, -0.2) is 14.7 Å². The van der Waals surface area contributed by atoms with Gasteiger partial charge in [-0.2, -0.15) is 18.3 Å². The highest BCUT2D eigenvalue weighted by Crippen LogP contribution is 2.30. The van der Waals surface area contributed by atoms with Crippen LogP contribution in [0.5, 0.6) is 11.5 Å². The summed E-state index contributed by atoms with van der Waals surface area (Å²) in [4.78, 5) is 43.5. The maximum atomic E-state index is 13.2. The quantitative estimate of drug-likeness (QED) is 0.226. The van der Waals surface area contributed by atoms with Gasteiger partial charge in [0, 0.05) is 35.4 Å². The molecule has 14 heteroatoms. The van der Waals surface area contributed by atoms with E-state index in [2.05, 4.69) is 30.2 Å². The van der Waals surface area contributed by atoms with Crippen LogP contribution < -0.4 is 20.5 Å². The lowest BCUT2D eigenvalue weighted by Crippen LogP contribution is -2.45. The number of aromatic nitrogens is 4. The van der Waals surface area contributed by atoms with Gasteiger partial charge >= 0.3 is 17.8 Å². The van der Waals surface area contributed by atoms with E-state index in [1.807, 2.05) is 37.3 Å². The molecule has 2 atom stereocenters. The fourth-order valence-corrected chi connectivity index (χ4v) is 4.58. The zero-order valence-corrected chi connectivity index (χ0v) is 21.6. The first kappa shape index (κ1) is 27.8. The topological polar surface area (TPSA) is 148 Å². The molecule has 5 rings (SSSR count). The highest BCUT2D eigenvalue weighted by molar-refractivity contribution is 5.98. The van der Waals surface area contributed by atoms with Crippen LogP contribution in [0.3, 0.4) is 0 Å². The Hall–Kier alpha value is -4.72. The second kappa shape index (κ2) is 11.4. The highest BCUT2D eigenvalue weighted by Gasteiger charge is 2.42. The first-order valence-corrected chi connectivity index (χ1v) is 12.5. The molecule has 0 saturated carbocycles. The normalized spacial score (nSPS) is 17.3. The Labute approximate surface area is 230 Å². The maximum absolute atomic E-state index is 13.2. The molecule has 41 heavy (non-hydrogen) atoms. The Morgan fingerprint density at radius 3 is 2.73 bits per heavy atom. The SMILES string of the molecule is Cc1cc(COc2ccc(C(=O)NC3CCOCC3c3n[nH]c(=O)[nH]3)c(OC(=O)C(F)(F)F)c2)c2ccccc2n1. The number of alkyl halides is 3. The van der Waals surface area contributed by atoms with E-state index in [-0.39, 0.29) is 30.4 Å². The van der Waals surface area contributed by atoms with Gasteiger partial charge in [0.05, 0.1) is 23.6 Å². The minimum Gasteiger partial charge on any atom is -0.489 e. The number of aromatic amines is 2. The van der Waals surface area contributed by atoms with E-state index in [0.29, 0.717) is 13.0 Å². The molecular formula is C27H24F3N5O6. The third kappa shape index (κ3) is 6.38. The second-order valence-electron chi connectivity index (χ2n) is 9.39. The molecule has 1 amide bonds. The van der Waals surface area contributed by atoms with Crippen molar-refractivity contribution in [2.24, 2.45) is 0 Å². The van der Waals surface area contributed by atoms with Gasteiger partial charge in [0.1, 0.15) is 23.9 Å². The maximum Gasteiger partial charge on any atom is 0.491 e.